The van der Waals surface area contributed by atoms with Crippen molar-refractivity contribution in [1.82, 2.24) is 10.2 Å². The van der Waals surface area contributed by atoms with Gasteiger partial charge in [-0.1, -0.05) is 24.3 Å². The number of benzene rings is 1. The van der Waals surface area contributed by atoms with E-state index in [9.17, 15) is 4.79 Å². The summed E-state index contributed by atoms with van der Waals surface area (Å²) >= 11 is 0. The number of hydrogen-bond acceptors (Lipinski definition) is 2. The fourth-order valence-corrected chi connectivity index (χ4v) is 4.65. The van der Waals surface area contributed by atoms with Gasteiger partial charge in [-0.2, -0.15) is 0 Å². The molecule has 1 amide bonds. The molecule has 1 aromatic rings. The minimum Gasteiger partial charge on any atom is -0.342 e. The van der Waals surface area contributed by atoms with Crippen molar-refractivity contribution in [3.8, 4) is 0 Å². The topological polar surface area (TPSA) is 32.3 Å². The summed E-state index contributed by atoms with van der Waals surface area (Å²) in [5.74, 6) is 0.494. The van der Waals surface area contributed by atoms with Crippen molar-refractivity contribution in [2.75, 3.05) is 26.2 Å². The predicted molar refractivity (Wildman–Crippen MR) is 87.9 cm³/mol. The molecule has 0 saturated carbocycles. The lowest BCUT2D eigenvalue weighted by Gasteiger charge is -2.40. The number of carbonyl (C=O) groups excluding carboxylic acids is 1. The summed E-state index contributed by atoms with van der Waals surface area (Å²) in [6, 6.07) is 8.55. The number of likely N-dealkylation sites (tertiary alicyclic amines) is 1. The average Bonchev–Trinajstić information content (AvgIpc) is 3.02. The highest BCUT2D eigenvalue weighted by atomic mass is 16.2. The Hall–Kier alpha value is -1.35. The molecule has 22 heavy (non-hydrogen) atoms. The first kappa shape index (κ1) is 14.3. The normalized spacial score (nSPS) is 26.9. The summed E-state index contributed by atoms with van der Waals surface area (Å²) in [5, 5.41) is 3.50. The van der Waals surface area contributed by atoms with Gasteiger partial charge < -0.3 is 10.2 Å². The Morgan fingerprint density at radius 3 is 2.77 bits per heavy atom. The molecule has 3 aliphatic rings. The summed E-state index contributed by atoms with van der Waals surface area (Å²) in [6.07, 6.45) is 6.96. The van der Waals surface area contributed by atoms with Gasteiger partial charge in [0.15, 0.2) is 0 Å². The molecular formula is C19H26N2O. The van der Waals surface area contributed by atoms with Crippen molar-refractivity contribution in [1.29, 1.82) is 0 Å². The molecule has 0 bridgehead atoms. The number of fused-ring (bicyclic) bond motifs is 1. The SMILES string of the molecule is O=C(C1CCCc2ccccc21)N1CCC2(CCNC2)CC1. The van der Waals surface area contributed by atoms with Crippen molar-refractivity contribution >= 4 is 5.91 Å². The summed E-state index contributed by atoms with van der Waals surface area (Å²) in [5.41, 5.74) is 3.17. The molecule has 2 saturated heterocycles. The van der Waals surface area contributed by atoms with Gasteiger partial charge in [0.25, 0.3) is 0 Å². The first-order valence-corrected chi connectivity index (χ1v) is 8.85. The fourth-order valence-electron chi connectivity index (χ4n) is 4.65. The van der Waals surface area contributed by atoms with Gasteiger partial charge in [0.05, 0.1) is 5.92 Å². The second-order valence-electron chi connectivity index (χ2n) is 7.40. The zero-order valence-electron chi connectivity index (χ0n) is 13.3. The molecule has 0 radical (unpaired) electrons. The van der Waals surface area contributed by atoms with Crippen LogP contribution in [0.3, 0.4) is 0 Å². The van der Waals surface area contributed by atoms with E-state index < -0.39 is 0 Å². The summed E-state index contributed by atoms with van der Waals surface area (Å²) in [7, 11) is 0. The van der Waals surface area contributed by atoms with Crippen molar-refractivity contribution in [3.63, 3.8) is 0 Å². The molecule has 2 heterocycles. The van der Waals surface area contributed by atoms with Crippen LogP contribution in [0.2, 0.25) is 0 Å². The van der Waals surface area contributed by atoms with Crippen LogP contribution >= 0.6 is 0 Å². The molecule has 3 heteroatoms. The number of amides is 1. The second kappa shape index (κ2) is 5.69. The number of nitrogens with one attached hydrogen (secondary N) is 1. The van der Waals surface area contributed by atoms with Crippen LogP contribution in [0.15, 0.2) is 24.3 Å². The molecule has 1 aromatic carbocycles. The van der Waals surface area contributed by atoms with Crippen molar-refractivity contribution in [2.24, 2.45) is 5.41 Å². The molecule has 1 unspecified atom stereocenters. The van der Waals surface area contributed by atoms with Gasteiger partial charge in [-0.3, -0.25) is 4.79 Å². The van der Waals surface area contributed by atoms with E-state index in [1.807, 2.05) is 0 Å². The van der Waals surface area contributed by atoms with E-state index in [1.54, 1.807) is 0 Å². The second-order valence-corrected chi connectivity index (χ2v) is 7.40. The van der Waals surface area contributed by atoms with Gasteiger partial charge in [-0.15, -0.1) is 0 Å². The summed E-state index contributed by atoms with van der Waals surface area (Å²) in [6.45, 7) is 4.23. The van der Waals surface area contributed by atoms with Gasteiger partial charge in [0.1, 0.15) is 0 Å². The van der Waals surface area contributed by atoms with Crippen LogP contribution in [0, 0.1) is 5.41 Å². The van der Waals surface area contributed by atoms with Crippen LogP contribution in [0.1, 0.15) is 49.1 Å². The van der Waals surface area contributed by atoms with E-state index in [1.165, 1.54) is 30.4 Å². The monoisotopic (exact) mass is 298 g/mol. The molecule has 118 valence electrons. The fraction of sp³-hybridized carbons (Fsp3) is 0.632. The molecule has 1 N–H and O–H groups in total. The first-order valence-electron chi connectivity index (χ1n) is 8.85. The van der Waals surface area contributed by atoms with Gasteiger partial charge in [0, 0.05) is 19.6 Å². The number of carbonyl (C=O) groups is 1. The molecule has 4 rings (SSSR count). The maximum Gasteiger partial charge on any atom is 0.230 e. The third kappa shape index (κ3) is 2.45. The Labute approximate surface area is 133 Å². The van der Waals surface area contributed by atoms with Crippen LogP contribution in [0.4, 0.5) is 0 Å². The van der Waals surface area contributed by atoms with Gasteiger partial charge in [-0.25, -0.2) is 0 Å². The summed E-state index contributed by atoms with van der Waals surface area (Å²) in [4.78, 5) is 15.2. The maximum absolute atomic E-state index is 13.0. The maximum atomic E-state index is 13.0. The number of piperidine rings is 1. The van der Waals surface area contributed by atoms with E-state index in [0.29, 0.717) is 11.3 Å². The lowest BCUT2D eigenvalue weighted by Crippen LogP contribution is -2.46. The minimum atomic E-state index is 0.112. The summed E-state index contributed by atoms with van der Waals surface area (Å²) < 4.78 is 0. The van der Waals surface area contributed by atoms with Crippen LogP contribution < -0.4 is 5.32 Å². The highest BCUT2D eigenvalue weighted by Crippen LogP contribution is 2.39. The van der Waals surface area contributed by atoms with Crippen LogP contribution in [0.5, 0.6) is 0 Å². The zero-order valence-corrected chi connectivity index (χ0v) is 13.3. The van der Waals surface area contributed by atoms with Crippen LogP contribution in [0.25, 0.3) is 0 Å². The molecule has 1 atom stereocenters. The molecule has 1 spiro atoms. The van der Waals surface area contributed by atoms with Gasteiger partial charge >= 0.3 is 0 Å². The Bertz CT molecular complexity index is 552. The lowest BCUT2D eigenvalue weighted by atomic mass is 9.77. The van der Waals surface area contributed by atoms with Crippen molar-refractivity contribution in [3.05, 3.63) is 35.4 Å². The highest BCUT2D eigenvalue weighted by Gasteiger charge is 2.39. The van der Waals surface area contributed by atoms with Crippen molar-refractivity contribution < 1.29 is 4.79 Å². The van der Waals surface area contributed by atoms with E-state index in [0.717, 1.165) is 45.4 Å². The quantitative estimate of drug-likeness (QED) is 0.864. The molecular weight excluding hydrogens is 272 g/mol. The van der Waals surface area contributed by atoms with E-state index in [2.05, 4.69) is 34.5 Å². The molecule has 2 aliphatic heterocycles. The van der Waals surface area contributed by atoms with E-state index >= 15 is 0 Å². The first-order chi connectivity index (χ1) is 10.8. The van der Waals surface area contributed by atoms with Crippen LogP contribution in [-0.4, -0.2) is 37.0 Å². The molecule has 0 aromatic heterocycles. The number of nitrogens with zero attached hydrogens (tertiary/aromatic N) is 1. The van der Waals surface area contributed by atoms with Crippen molar-refractivity contribution in [2.45, 2.75) is 44.4 Å². The number of aryl methyl sites for hydroxylation is 1. The smallest absolute Gasteiger partial charge is 0.230 e. The Kier molecular flexibility index (Phi) is 3.69. The highest BCUT2D eigenvalue weighted by molar-refractivity contribution is 5.84. The van der Waals surface area contributed by atoms with Gasteiger partial charge in [0.2, 0.25) is 5.91 Å². The van der Waals surface area contributed by atoms with Crippen LogP contribution in [-0.2, 0) is 11.2 Å². The molecule has 1 aliphatic carbocycles. The zero-order chi connectivity index (χ0) is 15.0. The van der Waals surface area contributed by atoms with E-state index in [4.69, 9.17) is 0 Å². The molecule has 2 fully saturated rings. The Balaban J connectivity index is 1.47. The third-order valence-corrected chi connectivity index (χ3v) is 6.14. The number of hydrogen-bond donors (Lipinski definition) is 1. The molecule has 3 nitrogen and oxygen atoms in total. The number of rotatable bonds is 1. The van der Waals surface area contributed by atoms with Gasteiger partial charge in [-0.05, 0) is 61.6 Å². The third-order valence-electron chi connectivity index (χ3n) is 6.14. The largest absolute Gasteiger partial charge is 0.342 e. The Morgan fingerprint density at radius 2 is 2.00 bits per heavy atom. The minimum absolute atomic E-state index is 0.112. The van der Waals surface area contributed by atoms with E-state index in [-0.39, 0.29) is 5.92 Å². The average molecular weight is 298 g/mol. The Morgan fingerprint density at radius 1 is 1.18 bits per heavy atom. The lowest BCUT2D eigenvalue weighted by molar-refractivity contribution is -0.135. The standard InChI is InChI=1S/C19H26N2O/c22-18(17-7-3-5-15-4-1-2-6-16(15)17)21-12-9-19(10-13-21)8-11-20-14-19/h1-2,4,6,17,20H,3,5,7-14H2. The predicted octanol–water partition coefficient (Wildman–Crippen LogP) is 2.71.